The fraction of sp³-hybridized carbons (Fsp3) is 0.600. The molecular formula is C20H26BNO2. The van der Waals surface area contributed by atoms with Crippen LogP contribution in [-0.4, -0.2) is 25.6 Å². The molecule has 1 aromatic carbocycles. The van der Waals surface area contributed by atoms with E-state index in [0.717, 1.165) is 30.5 Å². The number of benzene rings is 1. The van der Waals surface area contributed by atoms with Crippen molar-refractivity contribution in [3.05, 3.63) is 35.9 Å². The van der Waals surface area contributed by atoms with Gasteiger partial charge < -0.3 is 4.74 Å². The zero-order valence-electron chi connectivity index (χ0n) is 14.3. The normalized spacial score (nSPS) is 27.1. The Morgan fingerprint density at radius 1 is 1.08 bits per heavy atom. The number of hydrogen-bond acceptors (Lipinski definition) is 3. The van der Waals surface area contributed by atoms with Gasteiger partial charge in [-0.2, -0.15) is 0 Å². The molecule has 0 amide bonds. The summed E-state index contributed by atoms with van der Waals surface area (Å²) in [6.07, 6.45) is 8.89. The minimum Gasteiger partial charge on any atom is -0.461 e. The molecule has 2 unspecified atom stereocenters. The minimum absolute atomic E-state index is 0.178. The third-order valence-corrected chi connectivity index (χ3v) is 5.22. The number of carbonyl (C=O) groups excluding carboxylic acids is 1. The molecule has 24 heavy (non-hydrogen) atoms. The van der Waals surface area contributed by atoms with Crippen LogP contribution < -0.4 is 0 Å². The monoisotopic (exact) mass is 323 g/mol. The van der Waals surface area contributed by atoms with Gasteiger partial charge in [-0.25, -0.2) is 0 Å². The summed E-state index contributed by atoms with van der Waals surface area (Å²) < 4.78 is 5.50. The van der Waals surface area contributed by atoms with Crippen LogP contribution in [0.25, 0.3) is 0 Å². The molecule has 2 aliphatic carbocycles. The van der Waals surface area contributed by atoms with Crippen LogP contribution >= 0.6 is 0 Å². The predicted octanol–water partition coefficient (Wildman–Crippen LogP) is 4.26. The molecule has 4 heteroatoms. The Labute approximate surface area is 146 Å². The van der Waals surface area contributed by atoms with Gasteiger partial charge >= 0.3 is 5.97 Å². The number of rotatable bonds is 4. The number of aliphatic imine (C=N–C) groups is 1. The smallest absolute Gasteiger partial charge is 0.309 e. The second-order valence-electron chi connectivity index (χ2n) is 7.03. The third-order valence-electron chi connectivity index (χ3n) is 5.22. The molecule has 0 bridgehead atoms. The van der Waals surface area contributed by atoms with Crippen LogP contribution in [0, 0.1) is 5.92 Å². The van der Waals surface area contributed by atoms with Crippen LogP contribution in [0.2, 0.25) is 5.82 Å². The molecule has 0 N–H and O–H groups in total. The zero-order chi connectivity index (χ0) is 16.8. The van der Waals surface area contributed by atoms with Gasteiger partial charge in [-0.3, -0.25) is 9.79 Å². The summed E-state index contributed by atoms with van der Waals surface area (Å²) in [4.78, 5) is 17.4. The zero-order valence-corrected chi connectivity index (χ0v) is 14.3. The van der Waals surface area contributed by atoms with Crippen molar-refractivity contribution in [3.8, 4) is 0 Å². The molecule has 0 aliphatic heterocycles. The Kier molecular flexibility index (Phi) is 6.11. The van der Waals surface area contributed by atoms with Crippen molar-refractivity contribution in [2.24, 2.45) is 10.9 Å². The molecule has 0 heterocycles. The van der Waals surface area contributed by atoms with Gasteiger partial charge in [0.25, 0.3) is 0 Å². The lowest BCUT2D eigenvalue weighted by Gasteiger charge is -2.31. The van der Waals surface area contributed by atoms with E-state index < -0.39 is 0 Å². The molecule has 2 radical (unpaired) electrons. The van der Waals surface area contributed by atoms with Crippen LogP contribution in [0.4, 0.5) is 0 Å². The first-order valence-corrected chi connectivity index (χ1v) is 9.27. The number of nitrogens with zero attached hydrogens (tertiary/aromatic N) is 1. The molecule has 0 saturated heterocycles. The highest BCUT2D eigenvalue weighted by molar-refractivity contribution is 6.27. The summed E-state index contributed by atoms with van der Waals surface area (Å²) in [6, 6.07) is 10.2. The standard InChI is InChI=1S/C20H26BNO2/c21-19-17(20(23)24-14-15-8-3-1-4-9-15)12-7-13-18(19)22-16-10-5-2-6-11-16/h1,3-4,8-9,16-17,19H,2,5-7,10-14H2. The van der Waals surface area contributed by atoms with E-state index in [1.807, 2.05) is 30.3 Å². The third kappa shape index (κ3) is 4.49. The molecule has 1 aromatic rings. The first-order chi connectivity index (χ1) is 11.7. The molecule has 0 aromatic heterocycles. The van der Waals surface area contributed by atoms with Crippen LogP contribution in [-0.2, 0) is 16.1 Å². The first kappa shape index (κ1) is 17.3. The topological polar surface area (TPSA) is 38.7 Å². The number of esters is 1. The Bertz CT molecular complexity index is 566. The molecule has 3 rings (SSSR count). The molecule has 2 fully saturated rings. The quantitative estimate of drug-likeness (QED) is 0.613. The van der Waals surface area contributed by atoms with Crippen LogP contribution in [0.1, 0.15) is 56.9 Å². The van der Waals surface area contributed by atoms with E-state index in [9.17, 15) is 4.79 Å². The first-order valence-electron chi connectivity index (χ1n) is 9.27. The second kappa shape index (κ2) is 8.50. The Morgan fingerprint density at radius 3 is 2.58 bits per heavy atom. The van der Waals surface area contributed by atoms with Gasteiger partial charge in [-0.15, -0.1) is 0 Å². The maximum absolute atomic E-state index is 12.5. The highest BCUT2D eigenvalue weighted by atomic mass is 16.5. The van der Waals surface area contributed by atoms with Crippen molar-refractivity contribution < 1.29 is 9.53 Å². The highest BCUT2D eigenvalue weighted by Gasteiger charge is 2.33. The van der Waals surface area contributed by atoms with E-state index in [0.29, 0.717) is 12.6 Å². The predicted molar refractivity (Wildman–Crippen MR) is 97.4 cm³/mol. The largest absolute Gasteiger partial charge is 0.461 e. The maximum Gasteiger partial charge on any atom is 0.309 e. The minimum atomic E-state index is -0.274. The van der Waals surface area contributed by atoms with E-state index in [4.69, 9.17) is 17.6 Å². The van der Waals surface area contributed by atoms with Crippen molar-refractivity contribution in [1.29, 1.82) is 0 Å². The maximum atomic E-state index is 12.5. The van der Waals surface area contributed by atoms with Crippen molar-refractivity contribution >= 4 is 19.5 Å². The lowest BCUT2D eigenvalue weighted by atomic mass is 9.66. The van der Waals surface area contributed by atoms with E-state index >= 15 is 0 Å². The lowest BCUT2D eigenvalue weighted by molar-refractivity contribution is -0.150. The van der Waals surface area contributed by atoms with Crippen LogP contribution in [0.3, 0.4) is 0 Å². The Morgan fingerprint density at radius 2 is 1.83 bits per heavy atom. The number of ether oxygens (including phenoxy) is 1. The summed E-state index contributed by atoms with van der Waals surface area (Å²) >= 11 is 0. The second-order valence-corrected chi connectivity index (χ2v) is 7.03. The fourth-order valence-electron chi connectivity index (χ4n) is 3.78. The molecule has 2 atom stereocenters. The molecule has 0 spiro atoms. The Hall–Kier alpha value is -1.58. The van der Waals surface area contributed by atoms with Gasteiger partial charge in [0.2, 0.25) is 0 Å². The lowest BCUT2D eigenvalue weighted by Crippen LogP contribution is -2.32. The molecule has 126 valence electrons. The van der Waals surface area contributed by atoms with Gasteiger partial charge in [0.1, 0.15) is 6.61 Å². The number of hydrogen-bond donors (Lipinski definition) is 0. The van der Waals surface area contributed by atoms with Gasteiger partial charge in [0.15, 0.2) is 0 Å². The van der Waals surface area contributed by atoms with E-state index in [2.05, 4.69) is 0 Å². The van der Waals surface area contributed by atoms with Crippen molar-refractivity contribution in [2.75, 3.05) is 0 Å². The summed E-state index contributed by atoms with van der Waals surface area (Å²) in [5.41, 5.74) is 2.04. The van der Waals surface area contributed by atoms with Gasteiger partial charge in [-0.1, -0.05) is 49.6 Å². The van der Waals surface area contributed by atoms with Crippen LogP contribution in [0.5, 0.6) is 0 Å². The average Bonchev–Trinajstić information content (AvgIpc) is 2.63. The van der Waals surface area contributed by atoms with Crippen molar-refractivity contribution in [2.45, 2.75) is 69.8 Å². The van der Waals surface area contributed by atoms with Crippen molar-refractivity contribution in [3.63, 3.8) is 0 Å². The molecular weight excluding hydrogens is 297 g/mol. The fourth-order valence-corrected chi connectivity index (χ4v) is 3.78. The van der Waals surface area contributed by atoms with Gasteiger partial charge in [0, 0.05) is 11.8 Å². The summed E-state index contributed by atoms with van der Waals surface area (Å²) in [7, 11) is 6.38. The van der Waals surface area contributed by atoms with E-state index in [1.54, 1.807) is 0 Å². The van der Waals surface area contributed by atoms with Gasteiger partial charge in [0.05, 0.1) is 13.8 Å². The summed E-state index contributed by atoms with van der Waals surface area (Å²) in [6.45, 7) is 0.317. The molecule has 3 nitrogen and oxygen atoms in total. The SMILES string of the molecule is [B]C1C(=NC2CCCCC2)CCCC1C(=O)OCc1ccccc1. The van der Waals surface area contributed by atoms with Crippen LogP contribution in [0.15, 0.2) is 35.3 Å². The highest BCUT2D eigenvalue weighted by Crippen LogP contribution is 2.33. The van der Waals surface area contributed by atoms with E-state index in [-0.39, 0.29) is 17.7 Å². The number of carbonyl (C=O) groups is 1. The summed E-state index contributed by atoms with van der Waals surface area (Å²) in [5, 5.41) is 0. The molecule has 2 aliphatic rings. The molecule has 2 saturated carbocycles. The summed E-state index contributed by atoms with van der Waals surface area (Å²) in [5.74, 6) is -0.698. The average molecular weight is 323 g/mol. The van der Waals surface area contributed by atoms with E-state index in [1.165, 1.54) is 32.1 Å². The Balaban J connectivity index is 1.58. The van der Waals surface area contributed by atoms with Crippen molar-refractivity contribution in [1.82, 2.24) is 0 Å². The van der Waals surface area contributed by atoms with Gasteiger partial charge in [-0.05, 0) is 43.5 Å².